The van der Waals surface area contributed by atoms with Gasteiger partial charge in [-0.15, -0.1) is 10.2 Å². The van der Waals surface area contributed by atoms with E-state index >= 15 is 0 Å². The molecule has 0 saturated carbocycles. The highest BCUT2D eigenvalue weighted by molar-refractivity contribution is 7.88. The summed E-state index contributed by atoms with van der Waals surface area (Å²) in [6, 6.07) is 7.99. The Balaban J connectivity index is 1.50. The number of rotatable bonds is 6. The minimum absolute atomic E-state index is 0.188. The van der Waals surface area contributed by atoms with Gasteiger partial charge in [-0.3, -0.25) is 4.57 Å². The van der Waals surface area contributed by atoms with E-state index in [1.54, 1.807) is 24.3 Å². The van der Waals surface area contributed by atoms with Gasteiger partial charge in [0, 0.05) is 38.8 Å². The van der Waals surface area contributed by atoms with Gasteiger partial charge in [0.1, 0.15) is 17.8 Å². The number of hydrogen-bond acceptors (Lipinski definition) is 7. The van der Waals surface area contributed by atoms with Crippen molar-refractivity contribution in [1.82, 2.24) is 24.2 Å². The highest BCUT2D eigenvalue weighted by Crippen LogP contribution is 2.26. The van der Waals surface area contributed by atoms with E-state index in [4.69, 9.17) is 4.52 Å². The molecule has 3 aromatic rings. The lowest BCUT2D eigenvalue weighted by molar-refractivity contribution is 0.378. The third-order valence-electron chi connectivity index (χ3n) is 4.90. The summed E-state index contributed by atoms with van der Waals surface area (Å²) in [5.74, 6) is 0.525. The zero-order valence-corrected chi connectivity index (χ0v) is 16.7. The largest absolute Gasteiger partial charge is 0.364 e. The molecular formula is C18H21FN6O3S. The number of halogens is 1. The zero-order valence-electron chi connectivity index (χ0n) is 15.9. The fourth-order valence-electron chi connectivity index (χ4n) is 3.42. The van der Waals surface area contributed by atoms with Gasteiger partial charge in [0.15, 0.2) is 5.82 Å². The maximum atomic E-state index is 14.2. The van der Waals surface area contributed by atoms with Crippen LogP contribution in [0, 0.1) is 5.82 Å². The smallest absolute Gasteiger partial charge is 0.227 e. The van der Waals surface area contributed by atoms with Crippen LogP contribution in [0.3, 0.4) is 0 Å². The Hall–Kier alpha value is -2.79. The summed E-state index contributed by atoms with van der Waals surface area (Å²) in [4.78, 5) is 1.98. The van der Waals surface area contributed by atoms with E-state index in [0.717, 1.165) is 0 Å². The van der Waals surface area contributed by atoms with Gasteiger partial charge < -0.3 is 9.42 Å². The van der Waals surface area contributed by atoms with Crippen molar-refractivity contribution in [3.63, 3.8) is 0 Å². The molecular weight excluding hydrogens is 399 g/mol. The van der Waals surface area contributed by atoms with Crippen molar-refractivity contribution in [2.24, 2.45) is 0 Å². The molecule has 0 radical (unpaired) electrons. The van der Waals surface area contributed by atoms with E-state index in [-0.39, 0.29) is 11.6 Å². The van der Waals surface area contributed by atoms with Crippen molar-refractivity contribution >= 4 is 16.0 Å². The first-order valence-corrected chi connectivity index (χ1v) is 10.9. The summed E-state index contributed by atoms with van der Waals surface area (Å²) in [5.41, 5.74) is 0.773. The molecule has 1 saturated heterocycles. The van der Waals surface area contributed by atoms with Crippen molar-refractivity contribution in [2.45, 2.75) is 19.2 Å². The molecule has 2 aromatic heterocycles. The number of piperazine rings is 1. The number of anilines is 1. The molecule has 0 amide bonds. The number of nitrogens with zero attached hydrogens (tertiary/aromatic N) is 6. The van der Waals surface area contributed by atoms with Crippen LogP contribution in [0.4, 0.5) is 10.3 Å². The number of sulfonamides is 1. The van der Waals surface area contributed by atoms with Crippen LogP contribution in [0.2, 0.25) is 0 Å². The van der Waals surface area contributed by atoms with Crippen molar-refractivity contribution in [1.29, 1.82) is 0 Å². The van der Waals surface area contributed by atoms with Crippen LogP contribution in [0.5, 0.6) is 0 Å². The minimum atomic E-state index is -3.48. The van der Waals surface area contributed by atoms with Gasteiger partial charge in [-0.05, 0) is 19.1 Å². The van der Waals surface area contributed by atoms with Crippen LogP contribution < -0.4 is 4.90 Å². The van der Waals surface area contributed by atoms with Crippen LogP contribution in [0.1, 0.15) is 12.6 Å². The Bertz CT molecular complexity index is 1070. The first kappa shape index (κ1) is 19.5. The number of hydrogen-bond donors (Lipinski definition) is 0. The van der Waals surface area contributed by atoms with Crippen molar-refractivity contribution in [2.75, 3.05) is 31.1 Å². The van der Waals surface area contributed by atoms with Gasteiger partial charge in [-0.25, -0.2) is 12.8 Å². The molecule has 0 bridgehead atoms. The highest BCUT2D eigenvalue weighted by Gasteiger charge is 2.30. The molecule has 1 aromatic carbocycles. The average Bonchev–Trinajstić information content (AvgIpc) is 3.37. The summed E-state index contributed by atoms with van der Waals surface area (Å²) in [5, 5.41) is 12.1. The molecule has 9 nitrogen and oxygen atoms in total. The predicted octanol–water partition coefficient (Wildman–Crippen LogP) is 1.74. The van der Waals surface area contributed by atoms with Gasteiger partial charge in [0.05, 0.1) is 11.3 Å². The lowest BCUT2D eigenvalue weighted by Crippen LogP contribution is -2.49. The summed E-state index contributed by atoms with van der Waals surface area (Å²) >= 11 is 0. The van der Waals surface area contributed by atoms with E-state index < -0.39 is 10.0 Å². The number of aromatic nitrogens is 4. The van der Waals surface area contributed by atoms with Gasteiger partial charge in [-0.2, -0.15) is 4.31 Å². The molecule has 4 rings (SSSR count). The molecule has 3 heterocycles. The van der Waals surface area contributed by atoms with Gasteiger partial charge in [0.2, 0.25) is 16.0 Å². The Kier molecular flexibility index (Phi) is 5.33. The topological polar surface area (TPSA) is 97.4 Å². The molecule has 0 spiro atoms. The molecule has 1 fully saturated rings. The van der Waals surface area contributed by atoms with E-state index in [1.165, 1.54) is 16.6 Å². The maximum absolute atomic E-state index is 14.2. The van der Waals surface area contributed by atoms with Crippen molar-refractivity contribution in [3.8, 4) is 11.4 Å². The lowest BCUT2D eigenvalue weighted by atomic mass is 10.2. The second-order valence-electron chi connectivity index (χ2n) is 6.68. The fraction of sp³-hybridized carbons (Fsp3) is 0.389. The molecule has 11 heteroatoms. The molecule has 0 unspecified atom stereocenters. The van der Waals surface area contributed by atoms with E-state index in [1.807, 2.05) is 16.4 Å². The van der Waals surface area contributed by atoms with Gasteiger partial charge in [0.25, 0.3) is 0 Å². The van der Waals surface area contributed by atoms with Crippen LogP contribution in [0.25, 0.3) is 11.4 Å². The second-order valence-corrected chi connectivity index (χ2v) is 8.65. The molecule has 154 valence electrons. The fourth-order valence-corrected chi connectivity index (χ4v) is 4.84. The Morgan fingerprint density at radius 3 is 2.52 bits per heavy atom. The van der Waals surface area contributed by atoms with Crippen molar-refractivity contribution < 1.29 is 17.3 Å². The second kappa shape index (κ2) is 7.91. The summed E-state index contributed by atoms with van der Waals surface area (Å²) < 4.78 is 47.4. The van der Waals surface area contributed by atoms with E-state index in [0.29, 0.717) is 55.8 Å². The van der Waals surface area contributed by atoms with E-state index in [9.17, 15) is 12.8 Å². The maximum Gasteiger partial charge on any atom is 0.227 e. The molecule has 0 aliphatic carbocycles. The first-order chi connectivity index (χ1) is 14.0. The molecule has 1 aliphatic heterocycles. The highest BCUT2D eigenvalue weighted by atomic mass is 32.2. The van der Waals surface area contributed by atoms with Crippen LogP contribution >= 0.6 is 0 Å². The Labute approximate surface area is 167 Å². The van der Waals surface area contributed by atoms with Crippen LogP contribution in [-0.2, 0) is 22.3 Å². The molecule has 29 heavy (non-hydrogen) atoms. The standard InChI is InChI=1S/C18H21FN6O3S/c1-2-25-17(15-5-3-4-6-16(15)19)20-21-18(25)23-8-10-24(11-9-23)29(26,27)13-14-7-12-28-22-14/h3-7,12H,2,8-11,13H2,1H3. The predicted molar refractivity (Wildman–Crippen MR) is 104 cm³/mol. The third kappa shape index (κ3) is 3.87. The quantitative estimate of drug-likeness (QED) is 0.599. The summed E-state index contributed by atoms with van der Waals surface area (Å²) in [6.07, 6.45) is 1.35. The lowest BCUT2D eigenvalue weighted by Gasteiger charge is -2.34. The molecule has 1 aliphatic rings. The van der Waals surface area contributed by atoms with E-state index in [2.05, 4.69) is 15.4 Å². The molecule has 0 N–H and O–H groups in total. The SMILES string of the molecule is CCn1c(-c2ccccc2F)nnc1N1CCN(S(=O)(=O)Cc2ccon2)CC1. The third-order valence-corrected chi connectivity index (χ3v) is 6.71. The molecule has 0 atom stereocenters. The summed E-state index contributed by atoms with van der Waals surface area (Å²) in [7, 11) is -3.48. The number of benzene rings is 1. The average molecular weight is 420 g/mol. The summed E-state index contributed by atoms with van der Waals surface area (Å²) in [6.45, 7) is 4.09. The zero-order chi connectivity index (χ0) is 20.4. The monoisotopic (exact) mass is 420 g/mol. The van der Waals surface area contributed by atoms with Crippen molar-refractivity contribution in [3.05, 3.63) is 48.1 Å². The van der Waals surface area contributed by atoms with Gasteiger partial charge >= 0.3 is 0 Å². The normalized spacial score (nSPS) is 15.7. The Morgan fingerprint density at radius 2 is 1.86 bits per heavy atom. The van der Waals surface area contributed by atoms with Crippen LogP contribution in [-0.4, -0.2) is 58.8 Å². The first-order valence-electron chi connectivity index (χ1n) is 9.29. The minimum Gasteiger partial charge on any atom is -0.364 e. The van der Waals surface area contributed by atoms with Gasteiger partial charge in [-0.1, -0.05) is 17.3 Å². The Morgan fingerprint density at radius 1 is 1.10 bits per heavy atom. The van der Waals surface area contributed by atoms with Crippen LogP contribution in [0.15, 0.2) is 41.1 Å².